The van der Waals surface area contributed by atoms with Crippen molar-refractivity contribution in [3.05, 3.63) is 53.9 Å². The maximum atomic E-state index is 11.8. The Morgan fingerprint density at radius 2 is 2.00 bits per heavy atom. The molecule has 0 saturated carbocycles. The highest BCUT2D eigenvalue weighted by Gasteiger charge is 2.15. The lowest BCUT2D eigenvalue weighted by atomic mass is 9.86. The van der Waals surface area contributed by atoms with Crippen LogP contribution in [-0.2, 0) is 16.8 Å². The van der Waals surface area contributed by atoms with Crippen molar-refractivity contribution >= 4 is 5.91 Å². The Hall–Kier alpha value is -2.14. The molecular weight excluding hydrogens is 290 g/mol. The molecule has 1 aromatic heterocycles. The van der Waals surface area contributed by atoms with Crippen molar-refractivity contribution < 1.29 is 9.90 Å². The van der Waals surface area contributed by atoms with Gasteiger partial charge in [-0.2, -0.15) is 5.10 Å². The first-order valence-electron chi connectivity index (χ1n) is 7.89. The van der Waals surface area contributed by atoms with Gasteiger partial charge < -0.3 is 10.4 Å². The number of benzene rings is 1. The molecule has 0 spiro atoms. The van der Waals surface area contributed by atoms with Crippen LogP contribution < -0.4 is 5.32 Å². The number of amides is 1. The van der Waals surface area contributed by atoms with E-state index in [-0.39, 0.29) is 17.9 Å². The van der Waals surface area contributed by atoms with Gasteiger partial charge in [0.25, 0.3) is 0 Å². The molecule has 124 valence electrons. The molecule has 1 heterocycles. The number of nitrogens with zero attached hydrogens (tertiary/aromatic N) is 2. The van der Waals surface area contributed by atoms with Gasteiger partial charge in [0.1, 0.15) is 0 Å². The summed E-state index contributed by atoms with van der Waals surface area (Å²) in [5.41, 5.74) is 2.12. The van der Waals surface area contributed by atoms with Crippen molar-refractivity contribution in [2.24, 2.45) is 0 Å². The van der Waals surface area contributed by atoms with Crippen LogP contribution in [0, 0.1) is 0 Å². The molecule has 2 N–H and O–H groups in total. The van der Waals surface area contributed by atoms with E-state index in [2.05, 4.69) is 31.2 Å². The Morgan fingerprint density at radius 3 is 2.57 bits per heavy atom. The zero-order chi connectivity index (χ0) is 16.9. The molecule has 5 heteroatoms. The molecule has 1 atom stereocenters. The van der Waals surface area contributed by atoms with E-state index < -0.39 is 6.10 Å². The van der Waals surface area contributed by atoms with Crippen LogP contribution in [0.1, 0.15) is 44.4 Å². The number of hydrogen-bond donors (Lipinski definition) is 2. The van der Waals surface area contributed by atoms with Crippen molar-refractivity contribution in [1.82, 2.24) is 15.1 Å². The van der Waals surface area contributed by atoms with Gasteiger partial charge >= 0.3 is 0 Å². The molecule has 0 saturated heterocycles. The molecule has 2 aromatic rings. The number of rotatable bonds is 6. The number of aromatic nitrogens is 2. The smallest absolute Gasteiger partial charge is 0.221 e. The predicted molar refractivity (Wildman–Crippen MR) is 90.0 cm³/mol. The molecule has 0 aliphatic carbocycles. The summed E-state index contributed by atoms with van der Waals surface area (Å²) in [5, 5.41) is 17.0. The van der Waals surface area contributed by atoms with Gasteiger partial charge in [0.15, 0.2) is 0 Å². The fourth-order valence-electron chi connectivity index (χ4n) is 2.27. The Balaban J connectivity index is 1.79. The van der Waals surface area contributed by atoms with Crippen LogP contribution in [0.5, 0.6) is 0 Å². The number of hydrogen-bond acceptors (Lipinski definition) is 3. The number of carbonyl (C=O) groups excluding carboxylic acids is 1. The van der Waals surface area contributed by atoms with Crippen LogP contribution in [0.4, 0.5) is 0 Å². The molecule has 1 unspecified atom stereocenters. The van der Waals surface area contributed by atoms with Gasteiger partial charge in [-0.3, -0.25) is 9.48 Å². The molecule has 0 aliphatic rings. The molecule has 2 rings (SSSR count). The second kappa shape index (κ2) is 7.42. The molecule has 0 radical (unpaired) electrons. The van der Waals surface area contributed by atoms with Gasteiger partial charge in [-0.05, 0) is 22.6 Å². The minimum atomic E-state index is -0.697. The fraction of sp³-hybridized carbons (Fsp3) is 0.444. The first-order valence-corrected chi connectivity index (χ1v) is 7.89. The number of nitrogens with one attached hydrogen (secondary N) is 1. The minimum absolute atomic E-state index is 0.0875. The number of aliphatic hydroxyl groups is 1. The van der Waals surface area contributed by atoms with E-state index in [9.17, 15) is 9.90 Å². The minimum Gasteiger partial charge on any atom is -0.387 e. The molecule has 5 nitrogen and oxygen atoms in total. The third-order valence-electron chi connectivity index (χ3n) is 3.78. The highest BCUT2D eigenvalue weighted by Crippen LogP contribution is 2.23. The van der Waals surface area contributed by atoms with Crippen LogP contribution in [0.2, 0.25) is 0 Å². The van der Waals surface area contributed by atoms with Crippen molar-refractivity contribution in [3.63, 3.8) is 0 Å². The van der Waals surface area contributed by atoms with E-state index in [1.54, 1.807) is 10.9 Å². The second-order valence-electron chi connectivity index (χ2n) is 6.71. The quantitative estimate of drug-likeness (QED) is 0.860. The first kappa shape index (κ1) is 17.2. The van der Waals surface area contributed by atoms with Crippen molar-refractivity contribution in [1.29, 1.82) is 0 Å². The number of carbonyl (C=O) groups is 1. The first-order chi connectivity index (χ1) is 10.9. The zero-order valence-electron chi connectivity index (χ0n) is 14.0. The summed E-state index contributed by atoms with van der Waals surface area (Å²) in [6, 6.07) is 9.71. The molecule has 0 aliphatic heterocycles. The van der Waals surface area contributed by atoms with Gasteiger partial charge in [-0.1, -0.05) is 45.0 Å². The fourth-order valence-corrected chi connectivity index (χ4v) is 2.27. The molecule has 0 bridgehead atoms. The van der Waals surface area contributed by atoms with Crippen LogP contribution >= 0.6 is 0 Å². The summed E-state index contributed by atoms with van der Waals surface area (Å²) in [7, 11) is 0. The standard InChI is InChI=1S/C18H25N3O2/c1-18(2,3)15-7-5-14(6-8-15)16(22)13-19-17(23)9-12-21-11-4-10-20-21/h4-8,10-11,16,22H,9,12-13H2,1-3H3,(H,19,23). The highest BCUT2D eigenvalue weighted by molar-refractivity contribution is 5.75. The molecule has 0 fully saturated rings. The normalized spacial score (nSPS) is 12.9. The van der Waals surface area contributed by atoms with E-state index in [0.29, 0.717) is 13.0 Å². The van der Waals surface area contributed by atoms with Crippen LogP contribution in [0.25, 0.3) is 0 Å². The average Bonchev–Trinajstić information content (AvgIpc) is 3.03. The largest absolute Gasteiger partial charge is 0.387 e. The number of aryl methyl sites for hydroxylation is 1. The summed E-state index contributed by atoms with van der Waals surface area (Å²) < 4.78 is 1.71. The highest BCUT2D eigenvalue weighted by atomic mass is 16.3. The SMILES string of the molecule is CC(C)(C)c1ccc(C(O)CNC(=O)CCn2cccn2)cc1. The van der Waals surface area contributed by atoms with Crippen molar-refractivity contribution in [3.8, 4) is 0 Å². The predicted octanol–water partition coefficient (Wildman–Crippen LogP) is 2.42. The van der Waals surface area contributed by atoms with E-state index in [1.165, 1.54) is 5.56 Å². The van der Waals surface area contributed by atoms with Gasteiger partial charge in [-0.25, -0.2) is 0 Å². The lowest BCUT2D eigenvalue weighted by Gasteiger charge is -2.20. The Labute approximate surface area is 137 Å². The summed E-state index contributed by atoms with van der Waals surface area (Å²) >= 11 is 0. The monoisotopic (exact) mass is 315 g/mol. The summed E-state index contributed by atoms with van der Waals surface area (Å²) in [6.45, 7) is 7.21. The van der Waals surface area contributed by atoms with Gasteiger partial charge in [0, 0.05) is 31.9 Å². The van der Waals surface area contributed by atoms with Gasteiger partial charge in [-0.15, -0.1) is 0 Å². The van der Waals surface area contributed by atoms with Crippen LogP contribution in [0.15, 0.2) is 42.7 Å². The second-order valence-corrected chi connectivity index (χ2v) is 6.71. The third-order valence-corrected chi connectivity index (χ3v) is 3.78. The topological polar surface area (TPSA) is 67.2 Å². The number of aliphatic hydroxyl groups excluding tert-OH is 1. The molecule has 1 aromatic carbocycles. The lowest BCUT2D eigenvalue weighted by Crippen LogP contribution is -2.29. The Kier molecular flexibility index (Phi) is 5.55. The van der Waals surface area contributed by atoms with Crippen LogP contribution in [-0.4, -0.2) is 27.3 Å². The summed E-state index contributed by atoms with van der Waals surface area (Å²) in [6.07, 6.45) is 3.15. The van der Waals surface area contributed by atoms with Crippen molar-refractivity contribution in [2.75, 3.05) is 6.54 Å². The van der Waals surface area contributed by atoms with E-state index >= 15 is 0 Å². The van der Waals surface area contributed by atoms with Crippen molar-refractivity contribution in [2.45, 2.75) is 45.3 Å². The zero-order valence-corrected chi connectivity index (χ0v) is 14.0. The third kappa shape index (κ3) is 5.21. The molecular formula is C18H25N3O2. The van der Waals surface area contributed by atoms with E-state index in [4.69, 9.17) is 0 Å². The summed E-state index contributed by atoms with van der Waals surface area (Å²) in [4.78, 5) is 11.8. The average molecular weight is 315 g/mol. The Bertz CT molecular complexity index is 613. The van der Waals surface area contributed by atoms with Gasteiger partial charge in [0.05, 0.1) is 6.10 Å². The van der Waals surface area contributed by atoms with Gasteiger partial charge in [0.2, 0.25) is 5.91 Å². The maximum Gasteiger partial charge on any atom is 0.221 e. The Morgan fingerprint density at radius 1 is 1.30 bits per heavy atom. The maximum absolute atomic E-state index is 11.8. The van der Waals surface area contributed by atoms with E-state index in [0.717, 1.165) is 5.56 Å². The summed E-state index contributed by atoms with van der Waals surface area (Å²) in [5.74, 6) is -0.0918. The lowest BCUT2D eigenvalue weighted by molar-refractivity contribution is -0.121. The van der Waals surface area contributed by atoms with E-state index in [1.807, 2.05) is 36.5 Å². The molecule has 23 heavy (non-hydrogen) atoms. The van der Waals surface area contributed by atoms with Crippen LogP contribution in [0.3, 0.4) is 0 Å². The molecule has 1 amide bonds.